The Morgan fingerprint density at radius 2 is 2.05 bits per heavy atom. The Morgan fingerprint density at radius 3 is 2.71 bits per heavy atom. The quantitative estimate of drug-likeness (QED) is 0.609. The molecule has 1 aliphatic rings. The fraction of sp³-hybridized carbons (Fsp3) is 0.133. The summed E-state index contributed by atoms with van der Waals surface area (Å²) in [5.41, 5.74) is 1.03. The number of hydrogen-bond acceptors (Lipinski definition) is 5. The molecule has 1 saturated heterocycles. The Bertz CT molecular complexity index is 623. The summed E-state index contributed by atoms with van der Waals surface area (Å²) in [5, 5.41) is 10.5. The van der Waals surface area contributed by atoms with E-state index in [0.29, 0.717) is 9.23 Å². The Hall–Kier alpha value is -1.92. The highest BCUT2D eigenvalue weighted by Crippen LogP contribution is 2.30. The number of carboxylic acids is 1. The molecule has 0 unspecified atom stereocenters. The van der Waals surface area contributed by atoms with Crippen LogP contribution in [0.1, 0.15) is 12.0 Å². The van der Waals surface area contributed by atoms with Gasteiger partial charge in [0, 0.05) is 18.9 Å². The summed E-state index contributed by atoms with van der Waals surface area (Å²) >= 11 is 6.25. The van der Waals surface area contributed by atoms with Gasteiger partial charge in [0.25, 0.3) is 5.91 Å². The number of benzene rings is 1. The fourth-order valence-corrected chi connectivity index (χ4v) is 2.98. The minimum atomic E-state index is -1.20. The van der Waals surface area contributed by atoms with E-state index < -0.39 is 5.97 Å². The number of carbonyl (C=O) groups is 2. The van der Waals surface area contributed by atoms with E-state index >= 15 is 0 Å². The van der Waals surface area contributed by atoms with Crippen LogP contribution in [-0.4, -0.2) is 27.6 Å². The summed E-state index contributed by atoms with van der Waals surface area (Å²) in [6, 6.07) is 9.70. The Kier molecular flexibility index (Phi) is 5.30. The van der Waals surface area contributed by atoms with Crippen molar-refractivity contribution in [2.75, 3.05) is 6.54 Å². The molecule has 108 valence electrons. The number of rotatable bonds is 5. The van der Waals surface area contributed by atoms with Gasteiger partial charge < -0.3 is 9.90 Å². The van der Waals surface area contributed by atoms with Crippen LogP contribution in [0, 0.1) is 0 Å². The molecule has 0 atom stereocenters. The minimum absolute atomic E-state index is 0.0484. The zero-order chi connectivity index (χ0) is 15.2. The molecule has 0 aliphatic carbocycles. The zero-order valence-electron chi connectivity index (χ0n) is 11.0. The highest BCUT2D eigenvalue weighted by atomic mass is 32.2. The van der Waals surface area contributed by atoms with Gasteiger partial charge >= 0.3 is 0 Å². The number of allylic oxidation sites excluding steroid dienone is 2. The van der Waals surface area contributed by atoms with Gasteiger partial charge in [-0.3, -0.25) is 9.69 Å². The van der Waals surface area contributed by atoms with E-state index in [-0.39, 0.29) is 18.9 Å². The molecule has 21 heavy (non-hydrogen) atoms. The van der Waals surface area contributed by atoms with Crippen LogP contribution >= 0.6 is 24.0 Å². The van der Waals surface area contributed by atoms with Gasteiger partial charge in [-0.05, 0) is 11.6 Å². The first-order valence-corrected chi connectivity index (χ1v) is 7.47. The van der Waals surface area contributed by atoms with Gasteiger partial charge in [-0.2, -0.15) is 0 Å². The molecular weight excluding hydrogens is 306 g/mol. The third kappa shape index (κ3) is 4.27. The predicted molar refractivity (Wildman–Crippen MR) is 85.1 cm³/mol. The SMILES string of the molecule is O=C([O-])CCN1C(=O)C(=CC=Cc2ccccc2)SC1=S. The molecule has 0 spiro atoms. The standard InChI is InChI=1S/C15H13NO3S2/c17-13(18)9-10-16-14(19)12(21-15(16)20)8-4-7-11-5-2-1-3-6-11/h1-8H,9-10H2,(H,17,18)/p-1. The first kappa shape index (κ1) is 15.5. The molecular formula is C15H12NO3S2-. The molecule has 1 aliphatic heterocycles. The van der Waals surface area contributed by atoms with Crippen molar-refractivity contribution in [1.29, 1.82) is 0 Å². The van der Waals surface area contributed by atoms with E-state index in [1.165, 1.54) is 16.7 Å². The molecule has 4 nitrogen and oxygen atoms in total. The summed E-state index contributed by atoms with van der Waals surface area (Å²) in [4.78, 5) is 24.3. The number of carbonyl (C=O) groups excluding carboxylic acids is 2. The van der Waals surface area contributed by atoms with Gasteiger partial charge in [-0.1, -0.05) is 66.5 Å². The van der Waals surface area contributed by atoms with Crippen molar-refractivity contribution in [1.82, 2.24) is 4.90 Å². The molecule has 1 fully saturated rings. The molecule has 1 aromatic rings. The van der Waals surface area contributed by atoms with Crippen LogP contribution in [0.15, 0.2) is 47.4 Å². The number of carboxylic acid groups (broad SMARTS) is 1. The fourth-order valence-electron chi connectivity index (χ4n) is 1.72. The van der Waals surface area contributed by atoms with Crippen molar-refractivity contribution in [3.63, 3.8) is 0 Å². The lowest BCUT2D eigenvalue weighted by Crippen LogP contribution is -2.33. The molecule has 0 bridgehead atoms. The van der Waals surface area contributed by atoms with E-state index in [0.717, 1.165) is 5.56 Å². The van der Waals surface area contributed by atoms with E-state index in [4.69, 9.17) is 12.2 Å². The monoisotopic (exact) mass is 318 g/mol. The summed E-state index contributed by atoms with van der Waals surface area (Å²) in [5.74, 6) is -1.46. The van der Waals surface area contributed by atoms with Gasteiger partial charge in [0.15, 0.2) is 0 Å². The number of thiocarbonyl (C=S) groups is 1. The second-order valence-electron chi connectivity index (χ2n) is 4.25. The number of nitrogens with zero attached hydrogens (tertiary/aromatic N) is 1. The predicted octanol–water partition coefficient (Wildman–Crippen LogP) is 1.58. The topological polar surface area (TPSA) is 60.4 Å². The van der Waals surface area contributed by atoms with Gasteiger partial charge in [0.1, 0.15) is 4.32 Å². The molecule has 0 aromatic heterocycles. The van der Waals surface area contributed by atoms with Crippen LogP contribution in [0.3, 0.4) is 0 Å². The number of hydrogen-bond donors (Lipinski definition) is 0. The van der Waals surface area contributed by atoms with Crippen LogP contribution in [0.25, 0.3) is 6.08 Å². The molecule has 0 N–H and O–H groups in total. The molecule has 1 aromatic carbocycles. The van der Waals surface area contributed by atoms with Crippen molar-refractivity contribution in [2.24, 2.45) is 0 Å². The van der Waals surface area contributed by atoms with E-state index in [1.807, 2.05) is 36.4 Å². The van der Waals surface area contributed by atoms with Crippen molar-refractivity contribution in [2.45, 2.75) is 6.42 Å². The highest BCUT2D eigenvalue weighted by Gasteiger charge is 2.30. The second-order valence-corrected chi connectivity index (χ2v) is 5.92. The molecule has 2 rings (SSSR count). The molecule has 1 amide bonds. The average Bonchev–Trinajstić information content (AvgIpc) is 2.72. The van der Waals surface area contributed by atoms with Crippen LogP contribution in [0.4, 0.5) is 0 Å². The lowest BCUT2D eigenvalue weighted by atomic mass is 10.2. The molecule has 0 radical (unpaired) electrons. The maximum atomic E-state index is 12.1. The van der Waals surface area contributed by atoms with Gasteiger partial charge in [-0.15, -0.1) is 0 Å². The van der Waals surface area contributed by atoms with Gasteiger partial charge in [0.2, 0.25) is 0 Å². The van der Waals surface area contributed by atoms with Crippen LogP contribution < -0.4 is 5.11 Å². The Morgan fingerprint density at radius 1 is 1.33 bits per heavy atom. The van der Waals surface area contributed by atoms with Crippen molar-refractivity contribution < 1.29 is 14.7 Å². The van der Waals surface area contributed by atoms with E-state index in [1.54, 1.807) is 12.2 Å². The van der Waals surface area contributed by atoms with E-state index in [2.05, 4.69) is 0 Å². The lowest BCUT2D eigenvalue weighted by Gasteiger charge is -2.14. The highest BCUT2D eigenvalue weighted by molar-refractivity contribution is 8.26. The molecule has 0 saturated carbocycles. The maximum Gasteiger partial charge on any atom is 0.266 e. The largest absolute Gasteiger partial charge is 0.550 e. The summed E-state index contributed by atoms with van der Waals surface area (Å²) in [6.07, 6.45) is 5.12. The van der Waals surface area contributed by atoms with Crippen LogP contribution in [0.2, 0.25) is 0 Å². The van der Waals surface area contributed by atoms with Crippen molar-refractivity contribution >= 4 is 46.3 Å². The summed E-state index contributed by atoms with van der Waals surface area (Å²) in [7, 11) is 0. The van der Waals surface area contributed by atoms with Crippen molar-refractivity contribution in [3.05, 3.63) is 53.0 Å². The van der Waals surface area contributed by atoms with E-state index in [9.17, 15) is 14.7 Å². The molecule has 1 heterocycles. The van der Waals surface area contributed by atoms with Gasteiger partial charge in [-0.25, -0.2) is 0 Å². The second kappa shape index (κ2) is 7.19. The number of thioether (sulfide) groups is 1. The third-order valence-electron chi connectivity index (χ3n) is 2.75. The van der Waals surface area contributed by atoms with Crippen molar-refractivity contribution in [3.8, 4) is 0 Å². The van der Waals surface area contributed by atoms with Crippen LogP contribution in [-0.2, 0) is 9.59 Å². The minimum Gasteiger partial charge on any atom is -0.550 e. The lowest BCUT2D eigenvalue weighted by molar-refractivity contribution is -0.305. The average molecular weight is 318 g/mol. The zero-order valence-corrected chi connectivity index (χ0v) is 12.7. The normalized spacial score (nSPS) is 17.1. The number of amides is 1. The smallest absolute Gasteiger partial charge is 0.266 e. The van der Waals surface area contributed by atoms with Crippen LogP contribution in [0.5, 0.6) is 0 Å². The number of aliphatic carboxylic acids is 1. The Balaban J connectivity index is 2.03. The first-order valence-electron chi connectivity index (χ1n) is 6.25. The summed E-state index contributed by atoms with van der Waals surface area (Å²) in [6.45, 7) is 0.0484. The maximum absolute atomic E-state index is 12.1. The third-order valence-corrected chi connectivity index (χ3v) is 4.14. The first-order chi connectivity index (χ1) is 10.1. The Labute approximate surface area is 132 Å². The summed E-state index contributed by atoms with van der Waals surface area (Å²) < 4.78 is 0.376. The molecule has 6 heteroatoms. The van der Waals surface area contributed by atoms with Gasteiger partial charge in [0.05, 0.1) is 4.91 Å².